The molecule has 0 aliphatic carbocycles. The number of carbonyl (C=O) groups excluding carboxylic acids is 1. The Kier molecular flexibility index (Phi) is 4.83. The molecule has 3 rings (SSSR count). The van der Waals surface area contributed by atoms with E-state index in [0.29, 0.717) is 11.3 Å². The Hall–Kier alpha value is -2.17. The van der Waals surface area contributed by atoms with Crippen molar-refractivity contribution in [3.05, 3.63) is 65.7 Å². The molecule has 1 aliphatic heterocycles. The summed E-state index contributed by atoms with van der Waals surface area (Å²) >= 11 is 0. The fourth-order valence-corrected chi connectivity index (χ4v) is 2.47. The number of benzene rings is 2. The van der Waals surface area contributed by atoms with E-state index < -0.39 is 0 Å². The van der Waals surface area contributed by atoms with E-state index in [2.05, 4.69) is 4.90 Å². The second kappa shape index (κ2) is 7.20. The van der Waals surface area contributed by atoms with Crippen LogP contribution in [0.1, 0.15) is 15.9 Å². The molecular formula is C18H19NO3. The van der Waals surface area contributed by atoms with Gasteiger partial charge in [-0.25, -0.2) is 4.79 Å². The van der Waals surface area contributed by atoms with E-state index in [1.54, 1.807) is 18.2 Å². The molecule has 2 aromatic carbocycles. The zero-order chi connectivity index (χ0) is 15.2. The van der Waals surface area contributed by atoms with Crippen LogP contribution in [0.2, 0.25) is 0 Å². The molecule has 4 heteroatoms. The number of esters is 1. The first kappa shape index (κ1) is 14.8. The normalized spacial score (nSPS) is 15.5. The quantitative estimate of drug-likeness (QED) is 0.642. The lowest BCUT2D eigenvalue weighted by atomic mass is 10.1. The molecule has 1 saturated heterocycles. The largest absolute Gasteiger partial charge is 0.423 e. The van der Waals surface area contributed by atoms with Crippen LogP contribution in [0, 0.1) is 0 Å². The Labute approximate surface area is 130 Å². The molecule has 0 bridgehead atoms. The molecule has 0 spiro atoms. The van der Waals surface area contributed by atoms with Gasteiger partial charge in [-0.3, -0.25) is 4.90 Å². The summed E-state index contributed by atoms with van der Waals surface area (Å²) in [7, 11) is 0. The second-order valence-electron chi connectivity index (χ2n) is 5.29. The Morgan fingerprint density at radius 3 is 2.59 bits per heavy atom. The van der Waals surface area contributed by atoms with E-state index in [0.717, 1.165) is 38.4 Å². The van der Waals surface area contributed by atoms with Gasteiger partial charge in [-0.15, -0.1) is 0 Å². The fraction of sp³-hybridized carbons (Fsp3) is 0.278. The molecule has 0 N–H and O–H groups in total. The summed E-state index contributed by atoms with van der Waals surface area (Å²) in [6.07, 6.45) is 0. The molecule has 0 amide bonds. The maximum absolute atomic E-state index is 12.2. The number of nitrogens with zero attached hydrogens (tertiary/aromatic N) is 1. The highest BCUT2D eigenvalue weighted by Crippen LogP contribution is 2.14. The molecule has 22 heavy (non-hydrogen) atoms. The smallest absolute Gasteiger partial charge is 0.343 e. The predicted molar refractivity (Wildman–Crippen MR) is 83.9 cm³/mol. The minimum atomic E-state index is -0.324. The maximum Gasteiger partial charge on any atom is 0.343 e. The van der Waals surface area contributed by atoms with Crippen molar-refractivity contribution in [2.24, 2.45) is 0 Å². The van der Waals surface area contributed by atoms with Crippen LogP contribution in [0.3, 0.4) is 0 Å². The van der Waals surface area contributed by atoms with Crippen LogP contribution in [0.4, 0.5) is 0 Å². The van der Waals surface area contributed by atoms with Crippen molar-refractivity contribution in [2.75, 3.05) is 26.3 Å². The lowest BCUT2D eigenvalue weighted by Gasteiger charge is -2.26. The van der Waals surface area contributed by atoms with E-state index in [-0.39, 0.29) is 5.97 Å². The van der Waals surface area contributed by atoms with Gasteiger partial charge in [0, 0.05) is 19.6 Å². The third kappa shape index (κ3) is 3.93. The molecule has 2 aromatic rings. The molecule has 1 aliphatic rings. The van der Waals surface area contributed by atoms with Crippen molar-refractivity contribution < 1.29 is 14.3 Å². The monoisotopic (exact) mass is 297 g/mol. The Bertz CT molecular complexity index is 621. The highest BCUT2D eigenvalue weighted by atomic mass is 16.5. The summed E-state index contributed by atoms with van der Waals surface area (Å²) in [4.78, 5) is 14.5. The highest BCUT2D eigenvalue weighted by Gasteiger charge is 2.13. The van der Waals surface area contributed by atoms with Gasteiger partial charge in [-0.2, -0.15) is 0 Å². The summed E-state index contributed by atoms with van der Waals surface area (Å²) in [5, 5.41) is 0. The number of hydrogen-bond donors (Lipinski definition) is 0. The average Bonchev–Trinajstić information content (AvgIpc) is 2.57. The van der Waals surface area contributed by atoms with E-state index >= 15 is 0 Å². The van der Waals surface area contributed by atoms with Gasteiger partial charge in [0.15, 0.2) is 0 Å². The molecular weight excluding hydrogens is 278 g/mol. The number of ether oxygens (including phenoxy) is 2. The van der Waals surface area contributed by atoms with Crippen LogP contribution in [0.25, 0.3) is 0 Å². The van der Waals surface area contributed by atoms with Crippen molar-refractivity contribution in [3.63, 3.8) is 0 Å². The van der Waals surface area contributed by atoms with E-state index in [1.165, 1.54) is 0 Å². The summed E-state index contributed by atoms with van der Waals surface area (Å²) < 4.78 is 10.7. The molecule has 0 aromatic heterocycles. The topological polar surface area (TPSA) is 38.8 Å². The number of rotatable bonds is 4. The molecule has 0 saturated carbocycles. The first-order valence-corrected chi connectivity index (χ1v) is 7.47. The molecule has 0 radical (unpaired) electrons. The van der Waals surface area contributed by atoms with Gasteiger partial charge in [0.25, 0.3) is 0 Å². The number of carbonyl (C=O) groups is 1. The van der Waals surface area contributed by atoms with Crippen LogP contribution in [0.5, 0.6) is 5.75 Å². The van der Waals surface area contributed by atoms with Crippen molar-refractivity contribution in [1.82, 2.24) is 4.90 Å². The minimum Gasteiger partial charge on any atom is -0.423 e. The Morgan fingerprint density at radius 1 is 1.05 bits per heavy atom. The lowest BCUT2D eigenvalue weighted by molar-refractivity contribution is 0.0341. The molecule has 114 valence electrons. The average molecular weight is 297 g/mol. The fourth-order valence-electron chi connectivity index (χ4n) is 2.47. The summed E-state index contributed by atoms with van der Waals surface area (Å²) in [6.45, 7) is 4.23. The van der Waals surface area contributed by atoms with Crippen LogP contribution < -0.4 is 4.74 Å². The second-order valence-corrected chi connectivity index (χ2v) is 5.29. The summed E-state index contributed by atoms with van der Waals surface area (Å²) in [6, 6.07) is 16.8. The van der Waals surface area contributed by atoms with Gasteiger partial charge in [0.2, 0.25) is 0 Å². The van der Waals surface area contributed by atoms with Gasteiger partial charge in [0.1, 0.15) is 5.75 Å². The van der Waals surface area contributed by atoms with Gasteiger partial charge >= 0.3 is 5.97 Å². The zero-order valence-corrected chi connectivity index (χ0v) is 12.4. The number of morpholine rings is 1. The van der Waals surface area contributed by atoms with E-state index in [9.17, 15) is 4.79 Å². The lowest BCUT2D eigenvalue weighted by Crippen LogP contribution is -2.35. The highest BCUT2D eigenvalue weighted by molar-refractivity contribution is 5.91. The number of hydrogen-bond acceptors (Lipinski definition) is 4. The maximum atomic E-state index is 12.2. The van der Waals surface area contributed by atoms with Crippen LogP contribution in [-0.2, 0) is 11.3 Å². The van der Waals surface area contributed by atoms with Gasteiger partial charge < -0.3 is 9.47 Å². The number of para-hydroxylation sites is 1. The van der Waals surface area contributed by atoms with Crippen molar-refractivity contribution in [3.8, 4) is 5.75 Å². The van der Waals surface area contributed by atoms with Gasteiger partial charge in [0.05, 0.1) is 18.8 Å². The Balaban J connectivity index is 1.66. The third-order valence-electron chi connectivity index (χ3n) is 3.63. The van der Waals surface area contributed by atoms with Gasteiger partial charge in [-0.1, -0.05) is 30.3 Å². The predicted octanol–water partition coefficient (Wildman–Crippen LogP) is 2.74. The van der Waals surface area contributed by atoms with E-state index in [1.807, 2.05) is 36.4 Å². The summed E-state index contributed by atoms with van der Waals surface area (Å²) in [5.41, 5.74) is 1.69. The van der Waals surface area contributed by atoms with Crippen molar-refractivity contribution in [1.29, 1.82) is 0 Å². The van der Waals surface area contributed by atoms with Crippen LogP contribution in [-0.4, -0.2) is 37.2 Å². The molecule has 4 nitrogen and oxygen atoms in total. The van der Waals surface area contributed by atoms with Gasteiger partial charge in [-0.05, 0) is 29.8 Å². The van der Waals surface area contributed by atoms with E-state index in [4.69, 9.17) is 9.47 Å². The SMILES string of the molecule is O=C(Oc1ccccc1)c1cccc(CN2CCOCC2)c1. The van der Waals surface area contributed by atoms with Crippen LogP contribution in [0.15, 0.2) is 54.6 Å². The van der Waals surface area contributed by atoms with Crippen LogP contribution >= 0.6 is 0 Å². The standard InChI is InChI=1S/C18H19NO3/c20-18(22-17-7-2-1-3-8-17)16-6-4-5-15(13-16)14-19-9-11-21-12-10-19/h1-8,13H,9-12,14H2. The van der Waals surface area contributed by atoms with Crippen molar-refractivity contribution in [2.45, 2.75) is 6.54 Å². The first-order valence-electron chi connectivity index (χ1n) is 7.47. The molecule has 0 unspecified atom stereocenters. The third-order valence-corrected chi connectivity index (χ3v) is 3.63. The molecule has 0 atom stereocenters. The Morgan fingerprint density at radius 2 is 1.82 bits per heavy atom. The first-order chi connectivity index (χ1) is 10.8. The molecule has 1 fully saturated rings. The minimum absolute atomic E-state index is 0.324. The summed E-state index contributed by atoms with van der Waals surface area (Å²) in [5.74, 6) is 0.237. The van der Waals surface area contributed by atoms with Crippen molar-refractivity contribution >= 4 is 5.97 Å². The zero-order valence-electron chi connectivity index (χ0n) is 12.4. The molecule has 1 heterocycles.